The number of anilines is 1. The van der Waals surface area contributed by atoms with Gasteiger partial charge in [0.05, 0.1) is 11.4 Å². The molecule has 0 aliphatic carbocycles. The molecule has 0 aliphatic rings. The molecule has 4 nitrogen and oxygen atoms in total. The first-order valence-corrected chi connectivity index (χ1v) is 9.16. The summed E-state index contributed by atoms with van der Waals surface area (Å²) < 4.78 is 2.12. The van der Waals surface area contributed by atoms with Crippen LogP contribution < -0.4 is 5.73 Å². The van der Waals surface area contributed by atoms with E-state index in [1.165, 1.54) is 11.1 Å². The molecule has 27 heavy (non-hydrogen) atoms. The minimum Gasteiger partial charge on any atom is -0.398 e. The van der Waals surface area contributed by atoms with Crippen molar-refractivity contribution in [3.8, 4) is 11.3 Å². The van der Waals surface area contributed by atoms with E-state index in [-0.39, 0.29) is 0 Å². The van der Waals surface area contributed by atoms with Crippen molar-refractivity contribution in [1.29, 1.82) is 0 Å². The Morgan fingerprint density at radius 1 is 0.926 bits per heavy atom. The van der Waals surface area contributed by atoms with Crippen molar-refractivity contribution >= 4 is 11.3 Å². The van der Waals surface area contributed by atoms with Crippen molar-refractivity contribution in [1.82, 2.24) is 14.3 Å². The van der Waals surface area contributed by atoms with Crippen molar-refractivity contribution in [3.63, 3.8) is 0 Å². The van der Waals surface area contributed by atoms with Crippen LogP contribution in [0.2, 0.25) is 0 Å². The van der Waals surface area contributed by atoms with E-state index in [1.807, 2.05) is 24.4 Å². The van der Waals surface area contributed by atoms with Crippen LogP contribution in [0.1, 0.15) is 16.8 Å². The fourth-order valence-corrected chi connectivity index (χ4v) is 3.41. The average Bonchev–Trinajstić information content (AvgIpc) is 3.01. The molecule has 0 spiro atoms. The molecule has 2 aromatic heterocycles. The summed E-state index contributed by atoms with van der Waals surface area (Å²) in [6, 6.07) is 22.9. The van der Waals surface area contributed by atoms with Crippen LogP contribution in [0.5, 0.6) is 0 Å². The molecule has 2 aromatic carbocycles. The second-order valence-electron chi connectivity index (χ2n) is 7.12. The average molecular weight is 356 g/mol. The summed E-state index contributed by atoms with van der Waals surface area (Å²) in [6.07, 6.45) is 1.96. The lowest BCUT2D eigenvalue weighted by molar-refractivity contribution is 0.314. The van der Waals surface area contributed by atoms with E-state index in [1.54, 1.807) is 0 Å². The first kappa shape index (κ1) is 17.3. The van der Waals surface area contributed by atoms with E-state index in [2.05, 4.69) is 71.8 Å². The van der Waals surface area contributed by atoms with Gasteiger partial charge in [-0.1, -0.05) is 60.2 Å². The van der Waals surface area contributed by atoms with Gasteiger partial charge in [-0.25, -0.2) is 4.98 Å². The summed E-state index contributed by atoms with van der Waals surface area (Å²) >= 11 is 0. The lowest BCUT2D eigenvalue weighted by Crippen LogP contribution is -2.18. The van der Waals surface area contributed by atoms with Gasteiger partial charge in [0.2, 0.25) is 0 Å². The van der Waals surface area contributed by atoms with Crippen LogP contribution in [0.3, 0.4) is 0 Å². The highest BCUT2D eigenvalue weighted by Crippen LogP contribution is 2.27. The Morgan fingerprint density at radius 3 is 2.41 bits per heavy atom. The quantitative estimate of drug-likeness (QED) is 0.572. The third-order valence-electron chi connectivity index (χ3n) is 4.78. The highest BCUT2D eigenvalue weighted by Gasteiger charge is 2.16. The second kappa shape index (κ2) is 7.25. The number of fused-ring (bicyclic) bond motifs is 1. The summed E-state index contributed by atoms with van der Waals surface area (Å²) in [5.41, 5.74) is 13.5. The zero-order valence-corrected chi connectivity index (χ0v) is 15.8. The number of pyridine rings is 1. The van der Waals surface area contributed by atoms with E-state index in [0.29, 0.717) is 0 Å². The van der Waals surface area contributed by atoms with Crippen molar-refractivity contribution in [2.45, 2.75) is 20.0 Å². The molecule has 0 atom stereocenters. The largest absolute Gasteiger partial charge is 0.398 e. The minimum atomic E-state index is 0.738. The lowest BCUT2D eigenvalue weighted by Gasteiger charge is -2.18. The number of nitrogens with zero attached hydrogens (tertiary/aromatic N) is 3. The monoisotopic (exact) mass is 356 g/mol. The van der Waals surface area contributed by atoms with Crippen LogP contribution in [0.4, 0.5) is 5.69 Å². The van der Waals surface area contributed by atoms with Crippen molar-refractivity contribution in [2.75, 3.05) is 12.8 Å². The van der Waals surface area contributed by atoms with E-state index >= 15 is 0 Å². The fraction of sp³-hybridized carbons (Fsp3) is 0.174. The zero-order chi connectivity index (χ0) is 18.8. The Bertz CT molecular complexity index is 1050. The highest BCUT2D eigenvalue weighted by atomic mass is 15.1. The van der Waals surface area contributed by atoms with E-state index in [0.717, 1.165) is 41.4 Å². The Balaban J connectivity index is 1.73. The second-order valence-corrected chi connectivity index (χ2v) is 7.12. The molecule has 4 heteroatoms. The van der Waals surface area contributed by atoms with E-state index in [4.69, 9.17) is 10.7 Å². The molecular weight excluding hydrogens is 332 g/mol. The van der Waals surface area contributed by atoms with Gasteiger partial charge in [0.1, 0.15) is 5.65 Å². The fourth-order valence-electron chi connectivity index (χ4n) is 3.41. The molecule has 0 saturated carbocycles. The van der Waals surface area contributed by atoms with Crippen LogP contribution in [0.25, 0.3) is 16.9 Å². The number of nitrogen functional groups attached to an aromatic ring is 1. The van der Waals surface area contributed by atoms with Crippen LogP contribution in [-0.2, 0) is 13.1 Å². The van der Waals surface area contributed by atoms with Gasteiger partial charge in [-0.3, -0.25) is 4.90 Å². The third-order valence-corrected chi connectivity index (χ3v) is 4.78. The smallest absolute Gasteiger partial charge is 0.137 e. The predicted molar refractivity (Wildman–Crippen MR) is 111 cm³/mol. The number of hydrogen-bond donors (Lipinski definition) is 1. The molecule has 136 valence electrons. The number of aryl methyl sites for hydroxylation is 1. The predicted octanol–water partition coefficient (Wildman–Crippen LogP) is 4.52. The van der Waals surface area contributed by atoms with Crippen LogP contribution in [0.15, 0.2) is 72.9 Å². The molecule has 2 heterocycles. The van der Waals surface area contributed by atoms with Gasteiger partial charge >= 0.3 is 0 Å². The van der Waals surface area contributed by atoms with Crippen molar-refractivity contribution in [2.24, 2.45) is 0 Å². The topological polar surface area (TPSA) is 46.6 Å². The lowest BCUT2D eigenvalue weighted by atomic mass is 10.1. The molecule has 0 unspecified atom stereocenters. The summed E-state index contributed by atoms with van der Waals surface area (Å²) in [5, 5.41) is 0. The van der Waals surface area contributed by atoms with Gasteiger partial charge in [0.25, 0.3) is 0 Å². The first-order chi connectivity index (χ1) is 13.1. The Kier molecular flexibility index (Phi) is 4.65. The molecule has 0 saturated heterocycles. The van der Waals surface area contributed by atoms with Crippen molar-refractivity contribution < 1.29 is 0 Å². The molecule has 0 aliphatic heterocycles. The van der Waals surface area contributed by atoms with Crippen LogP contribution >= 0.6 is 0 Å². The summed E-state index contributed by atoms with van der Waals surface area (Å²) in [6.45, 7) is 3.76. The molecule has 0 amide bonds. The number of aromatic nitrogens is 2. The van der Waals surface area contributed by atoms with E-state index in [9.17, 15) is 0 Å². The Morgan fingerprint density at radius 2 is 1.67 bits per heavy atom. The summed E-state index contributed by atoms with van der Waals surface area (Å²) in [4.78, 5) is 7.20. The molecule has 2 N–H and O–H groups in total. The maximum atomic E-state index is 6.05. The number of benzene rings is 2. The zero-order valence-electron chi connectivity index (χ0n) is 15.8. The maximum absolute atomic E-state index is 6.05. The number of nitrogens with two attached hydrogens (primary N) is 1. The van der Waals surface area contributed by atoms with Gasteiger partial charge in [-0.15, -0.1) is 0 Å². The molecule has 0 fully saturated rings. The molecule has 0 bridgehead atoms. The van der Waals surface area contributed by atoms with Gasteiger partial charge in [0.15, 0.2) is 0 Å². The Labute approximate surface area is 159 Å². The normalized spacial score (nSPS) is 11.4. The third kappa shape index (κ3) is 3.71. The SMILES string of the molecule is Cc1ccc(-c2nc3ccc(N)cn3c2CN(C)Cc2ccccc2)cc1. The molecule has 0 radical (unpaired) electrons. The van der Waals surface area contributed by atoms with Gasteiger partial charge in [-0.2, -0.15) is 0 Å². The minimum absolute atomic E-state index is 0.738. The number of hydrogen-bond acceptors (Lipinski definition) is 3. The van der Waals surface area contributed by atoms with Crippen LogP contribution in [0, 0.1) is 6.92 Å². The van der Waals surface area contributed by atoms with Gasteiger partial charge in [-0.05, 0) is 31.7 Å². The first-order valence-electron chi connectivity index (χ1n) is 9.16. The summed E-state index contributed by atoms with van der Waals surface area (Å²) in [7, 11) is 2.14. The standard InChI is InChI=1S/C23H24N4/c1-17-8-10-19(11-9-17)23-21(27-15-20(24)12-13-22(27)25-23)16-26(2)14-18-6-4-3-5-7-18/h3-13,15H,14,16,24H2,1-2H3. The maximum Gasteiger partial charge on any atom is 0.137 e. The molecule has 4 aromatic rings. The van der Waals surface area contributed by atoms with Crippen molar-refractivity contribution in [3.05, 3.63) is 89.7 Å². The number of rotatable bonds is 5. The van der Waals surface area contributed by atoms with E-state index < -0.39 is 0 Å². The summed E-state index contributed by atoms with van der Waals surface area (Å²) in [5.74, 6) is 0. The highest BCUT2D eigenvalue weighted by molar-refractivity contribution is 5.67. The molecule has 4 rings (SSSR count). The van der Waals surface area contributed by atoms with Crippen LogP contribution in [-0.4, -0.2) is 21.3 Å². The van der Waals surface area contributed by atoms with Gasteiger partial charge < -0.3 is 10.1 Å². The number of imidazole rings is 1. The molecular formula is C23H24N4. The van der Waals surface area contributed by atoms with Gasteiger partial charge in [0, 0.05) is 30.5 Å². The Hall–Kier alpha value is -3.11.